The van der Waals surface area contributed by atoms with Crippen LogP contribution in [0.3, 0.4) is 0 Å². The quantitative estimate of drug-likeness (QED) is 0.755. The predicted molar refractivity (Wildman–Crippen MR) is 92.6 cm³/mol. The Morgan fingerprint density at radius 1 is 1.07 bits per heavy atom. The number of piperazine rings is 1. The topological polar surface area (TPSA) is 104 Å². The molecule has 0 bridgehead atoms. The van der Waals surface area contributed by atoms with E-state index in [1.165, 1.54) is 18.4 Å². The molecule has 0 unspecified atom stereocenters. The highest BCUT2D eigenvalue weighted by atomic mass is 16.5. The summed E-state index contributed by atoms with van der Waals surface area (Å²) in [4.78, 5) is 39.6. The number of benzene rings is 1. The lowest BCUT2D eigenvalue weighted by molar-refractivity contribution is -0.136. The molecule has 138 valence electrons. The van der Waals surface area contributed by atoms with Gasteiger partial charge in [0, 0.05) is 26.2 Å². The fourth-order valence-electron chi connectivity index (χ4n) is 2.73. The Morgan fingerprint density at radius 3 is 2.48 bits per heavy atom. The van der Waals surface area contributed by atoms with Crippen LogP contribution in [0.5, 0.6) is 0 Å². The van der Waals surface area contributed by atoms with Crippen LogP contribution in [0, 0.1) is 11.3 Å². The zero-order valence-corrected chi connectivity index (χ0v) is 14.5. The maximum absolute atomic E-state index is 12.2. The number of hydrogen-bond donors (Lipinski definition) is 0. The van der Waals surface area contributed by atoms with Crippen molar-refractivity contribution in [3.8, 4) is 6.07 Å². The summed E-state index contributed by atoms with van der Waals surface area (Å²) in [6, 6.07) is 11.3. The molecular weight excluding hydrogens is 350 g/mol. The Labute approximate surface area is 155 Å². The molecule has 0 saturated carbocycles. The number of esters is 1. The summed E-state index contributed by atoms with van der Waals surface area (Å²) in [5.74, 6) is -0.934. The number of nitrogens with zero attached hydrogens (tertiary/aromatic N) is 3. The summed E-state index contributed by atoms with van der Waals surface area (Å²) in [6.45, 7) is 1.08. The first-order chi connectivity index (χ1) is 13.1. The summed E-state index contributed by atoms with van der Waals surface area (Å²) in [6.07, 6.45) is 1.44. The van der Waals surface area contributed by atoms with E-state index in [-0.39, 0.29) is 29.7 Å². The van der Waals surface area contributed by atoms with Gasteiger partial charge < -0.3 is 19.0 Å². The van der Waals surface area contributed by atoms with E-state index >= 15 is 0 Å². The van der Waals surface area contributed by atoms with E-state index < -0.39 is 5.97 Å². The van der Waals surface area contributed by atoms with Gasteiger partial charge in [-0.1, -0.05) is 6.07 Å². The molecule has 3 rings (SSSR count). The number of ether oxygens (including phenoxy) is 1. The van der Waals surface area contributed by atoms with Crippen LogP contribution in [-0.4, -0.2) is 60.4 Å². The highest BCUT2D eigenvalue weighted by Crippen LogP contribution is 2.10. The lowest BCUT2D eigenvalue weighted by atomic mass is 10.1. The second kappa shape index (κ2) is 8.19. The van der Waals surface area contributed by atoms with Crippen LogP contribution in [0.1, 0.15) is 26.5 Å². The van der Waals surface area contributed by atoms with Gasteiger partial charge in [0.25, 0.3) is 11.8 Å². The Balaban J connectivity index is 1.47. The monoisotopic (exact) mass is 367 g/mol. The van der Waals surface area contributed by atoms with Crippen LogP contribution >= 0.6 is 0 Å². The molecular formula is C19H17N3O5. The van der Waals surface area contributed by atoms with Crippen molar-refractivity contribution in [1.82, 2.24) is 9.80 Å². The normalized spacial score (nSPS) is 13.7. The van der Waals surface area contributed by atoms with E-state index in [2.05, 4.69) is 0 Å². The van der Waals surface area contributed by atoms with E-state index in [0.29, 0.717) is 31.7 Å². The highest BCUT2D eigenvalue weighted by Gasteiger charge is 2.26. The predicted octanol–water partition coefficient (Wildman–Crippen LogP) is 1.29. The van der Waals surface area contributed by atoms with Gasteiger partial charge in [0.15, 0.2) is 12.4 Å². The summed E-state index contributed by atoms with van der Waals surface area (Å²) >= 11 is 0. The van der Waals surface area contributed by atoms with Crippen LogP contribution < -0.4 is 0 Å². The molecule has 2 amide bonds. The maximum Gasteiger partial charge on any atom is 0.338 e. The average Bonchev–Trinajstić information content (AvgIpc) is 3.26. The van der Waals surface area contributed by atoms with E-state index in [1.54, 1.807) is 34.1 Å². The number of nitriles is 1. The first-order valence-electron chi connectivity index (χ1n) is 8.36. The van der Waals surface area contributed by atoms with Crippen LogP contribution in [0.25, 0.3) is 0 Å². The number of carbonyl (C=O) groups excluding carboxylic acids is 3. The highest BCUT2D eigenvalue weighted by molar-refractivity contribution is 5.92. The standard InChI is InChI=1S/C19H17N3O5/c20-12-14-3-1-4-15(11-14)19(25)27-13-17(23)21-6-8-22(9-7-21)18(24)16-5-2-10-26-16/h1-5,10-11H,6-9,13H2. The van der Waals surface area contributed by atoms with E-state index in [1.807, 2.05) is 6.07 Å². The Hall–Kier alpha value is -3.60. The molecule has 0 radical (unpaired) electrons. The molecule has 1 aliphatic heterocycles. The Morgan fingerprint density at radius 2 is 1.81 bits per heavy atom. The number of carbonyl (C=O) groups is 3. The number of furan rings is 1. The van der Waals surface area contributed by atoms with Crippen LogP contribution in [0.4, 0.5) is 0 Å². The molecule has 0 spiro atoms. The largest absolute Gasteiger partial charge is 0.459 e. The number of amides is 2. The lowest BCUT2D eigenvalue weighted by Gasteiger charge is -2.34. The van der Waals surface area contributed by atoms with E-state index in [4.69, 9.17) is 14.4 Å². The minimum Gasteiger partial charge on any atom is -0.459 e. The third kappa shape index (κ3) is 4.33. The average molecular weight is 367 g/mol. The smallest absolute Gasteiger partial charge is 0.338 e. The lowest BCUT2D eigenvalue weighted by Crippen LogP contribution is -2.51. The second-order valence-electron chi connectivity index (χ2n) is 5.92. The van der Waals surface area contributed by atoms with Crippen molar-refractivity contribution in [3.63, 3.8) is 0 Å². The molecule has 0 aliphatic carbocycles. The van der Waals surface area contributed by atoms with Gasteiger partial charge in [0.2, 0.25) is 0 Å². The van der Waals surface area contributed by atoms with E-state index in [9.17, 15) is 14.4 Å². The van der Waals surface area contributed by atoms with Gasteiger partial charge in [-0.05, 0) is 30.3 Å². The first kappa shape index (κ1) is 18.2. The van der Waals surface area contributed by atoms with Gasteiger partial charge in [-0.3, -0.25) is 9.59 Å². The van der Waals surface area contributed by atoms with Gasteiger partial charge in [0.05, 0.1) is 23.5 Å². The molecule has 1 aromatic carbocycles. The third-order valence-corrected chi connectivity index (χ3v) is 4.21. The van der Waals surface area contributed by atoms with Gasteiger partial charge in [0.1, 0.15) is 0 Å². The van der Waals surface area contributed by atoms with Crippen LogP contribution in [0.2, 0.25) is 0 Å². The number of hydrogen-bond acceptors (Lipinski definition) is 6. The van der Waals surface area contributed by atoms with Gasteiger partial charge in [-0.2, -0.15) is 5.26 Å². The SMILES string of the molecule is N#Cc1cccc(C(=O)OCC(=O)N2CCN(C(=O)c3ccco3)CC2)c1. The van der Waals surface area contributed by atoms with Gasteiger partial charge in [-0.25, -0.2) is 4.79 Å². The van der Waals surface area contributed by atoms with Crippen molar-refractivity contribution in [2.24, 2.45) is 0 Å². The molecule has 0 N–H and O–H groups in total. The van der Waals surface area contributed by atoms with Crippen LogP contribution in [-0.2, 0) is 9.53 Å². The minimum absolute atomic E-state index is 0.212. The first-order valence-corrected chi connectivity index (χ1v) is 8.36. The molecule has 0 atom stereocenters. The van der Waals surface area contributed by atoms with Gasteiger partial charge in [-0.15, -0.1) is 0 Å². The molecule has 8 heteroatoms. The van der Waals surface area contributed by atoms with Crippen molar-refractivity contribution in [2.45, 2.75) is 0 Å². The van der Waals surface area contributed by atoms with Crippen molar-refractivity contribution in [3.05, 3.63) is 59.5 Å². The summed E-state index contributed by atoms with van der Waals surface area (Å²) in [7, 11) is 0. The van der Waals surface area contributed by atoms with Crippen molar-refractivity contribution in [1.29, 1.82) is 5.26 Å². The van der Waals surface area contributed by atoms with Gasteiger partial charge >= 0.3 is 5.97 Å². The van der Waals surface area contributed by atoms with Crippen molar-refractivity contribution in [2.75, 3.05) is 32.8 Å². The fourth-order valence-corrected chi connectivity index (χ4v) is 2.73. The maximum atomic E-state index is 12.2. The summed E-state index contributed by atoms with van der Waals surface area (Å²) in [5.41, 5.74) is 0.559. The molecule has 1 fully saturated rings. The summed E-state index contributed by atoms with van der Waals surface area (Å²) in [5, 5.41) is 8.86. The zero-order chi connectivity index (χ0) is 19.2. The molecule has 1 aliphatic rings. The zero-order valence-electron chi connectivity index (χ0n) is 14.5. The number of rotatable bonds is 4. The summed E-state index contributed by atoms with van der Waals surface area (Å²) < 4.78 is 10.1. The van der Waals surface area contributed by atoms with Crippen LogP contribution in [0.15, 0.2) is 47.1 Å². The van der Waals surface area contributed by atoms with Crippen molar-refractivity contribution >= 4 is 17.8 Å². The molecule has 2 aromatic rings. The molecule has 8 nitrogen and oxygen atoms in total. The molecule has 27 heavy (non-hydrogen) atoms. The Kier molecular flexibility index (Phi) is 5.52. The molecule has 2 heterocycles. The third-order valence-electron chi connectivity index (χ3n) is 4.21. The second-order valence-corrected chi connectivity index (χ2v) is 5.92. The minimum atomic E-state index is -0.660. The van der Waals surface area contributed by atoms with E-state index in [0.717, 1.165) is 0 Å². The van der Waals surface area contributed by atoms with Crippen molar-refractivity contribution < 1.29 is 23.5 Å². The molecule has 1 aromatic heterocycles. The fraction of sp³-hybridized carbons (Fsp3) is 0.263. The molecule has 1 saturated heterocycles. The Bertz CT molecular complexity index is 877.